The molecule has 0 aliphatic carbocycles. The highest BCUT2D eigenvalue weighted by Gasteiger charge is 2.11. The van der Waals surface area contributed by atoms with Crippen molar-refractivity contribution in [3.63, 3.8) is 0 Å². The van der Waals surface area contributed by atoms with E-state index < -0.39 is 11.2 Å². The molecular formula is C10H13N2O3S-. The SMILES string of the molecule is CCc1cc(=O)[nH]c(S[C@@H](CC)C(=O)[O-])n1. The van der Waals surface area contributed by atoms with E-state index in [0.29, 0.717) is 23.7 Å². The van der Waals surface area contributed by atoms with Crippen molar-refractivity contribution in [2.24, 2.45) is 0 Å². The predicted octanol–water partition coefficient (Wildman–Crippen LogP) is -0.0471. The number of aryl methyl sites for hydroxylation is 1. The van der Waals surface area contributed by atoms with Crippen LogP contribution in [0.4, 0.5) is 0 Å². The van der Waals surface area contributed by atoms with Crippen LogP contribution in [0.2, 0.25) is 0 Å². The van der Waals surface area contributed by atoms with Gasteiger partial charge in [0.25, 0.3) is 5.56 Å². The minimum Gasteiger partial charge on any atom is -0.549 e. The van der Waals surface area contributed by atoms with Gasteiger partial charge in [-0.05, 0) is 12.8 Å². The molecule has 1 aromatic heterocycles. The molecule has 0 saturated carbocycles. The van der Waals surface area contributed by atoms with Gasteiger partial charge in [-0.15, -0.1) is 0 Å². The molecule has 0 aliphatic rings. The number of aromatic amines is 1. The Bertz CT molecular complexity index is 430. The number of nitrogens with one attached hydrogen (secondary N) is 1. The summed E-state index contributed by atoms with van der Waals surface area (Å²) < 4.78 is 0. The van der Waals surface area contributed by atoms with Gasteiger partial charge < -0.3 is 14.9 Å². The number of aliphatic carboxylic acids is 1. The number of nitrogens with zero attached hydrogens (tertiary/aromatic N) is 1. The zero-order valence-electron chi connectivity index (χ0n) is 9.15. The number of carboxylic acids is 1. The number of carbonyl (C=O) groups is 1. The van der Waals surface area contributed by atoms with Gasteiger partial charge in [0.05, 0.1) is 11.2 Å². The van der Waals surface area contributed by atoms with Crippen LogP contribution >= 0.6 is 11.8 Å². The summed E-state index contributed by atoms with van der Waals surface area (Å²) in [5, 5.41) is 10.4. The van der Waals surface area contributed by atoms with E-state index in [1.807, 2.05) is 6.92 Å². The van der Waals surface area contributed by atoms with Gasteiger partial charge in [-0.3, -0.25) is 4.79 Å². The molecule has 1 rings (SSSR count). The van der Waals surface area contributed by atoms with Crippen LogP contribution < -0.4 is 10.7 Å². The van der Waals surface area contributed by atoms with E-state index in [9.17, 15) is 14.7 Å². The molecule has 0 saturated heterocycles. The van der Waals surface area contributed by atoms with Gasteiger partial charge in [0.15, 0.2) is 5.16 Å². The van der Waals surface area contributed by atoms with Gasteiger partial charge >= 0.3 is 0 Å². The summed E-state index contributed by atoms with van der Waals surface area (Å²) in [6, 6.07) is 1.41. The quantitative estimate of drug-likeness (QED) is 0.577. The topological polar surface area (TPSA) is 85.9 Å². The second-order valence-corrected chi connectivity index (χ2v) is 4.42. The fraction of sp³-hybridized carbons (Fsp3) is 0.500. The van der Waals surface area contributed by atoms with Crippen LogP contribution in [-0.4, -0.2) is 21.2 Å². The standard InChI is InChI=1S/C10H14N2O3S/c1-3-6-5-8(13)12-10(11-6)16-7(4-2)9(14)15/h5,7H,3-4H2,1-2H3,(H,14,15)(H,11,12,13)/p-1/t7-/m0/s1. The second kappa shape index (κ2) is 5.69. The van der Waals surface area contributed by atoms with E-state index in [4.69, 9.17) is 0 Å². The lowest BCUT2D eigenvalue weighted by molar-refractivity contribution is -0.304. The number of thioether (sulfide) groups is 1. The average Bonchev–Trinajstić information content (AvgIpc) is 2.24. The lowest BCUT2D eigenvalue weighted by Gasteiger charge is -2.14. The molecule has 16 heavy (non-hydrogen) atoms. The Morgan fingerprint density at radius 1 is 1.62 bits per heavy atom. The third-order valence-electron chi connectivity index (χ3n) is 2.02. The van der Waals surface area contributed by atoms with Gasteiger partial charge in [-0.25, -0.2) is 4.98 Å². The Morgan fingerprint density at radius 3 is 2.81 bits per heavy atom. The molecule has 1 heterocycles. The Morgan fingerprint density at radius 2 is 2.31 bits per heavy atom. The molecule has 1 atom stereocenters. The smallest absolute Gasteiger partial charge is 0.251 e. The predicted molar refractivity (Wildman–Crippen MR) is 59.2 cm³/mol. The molecule has 0 amide bonds. The molecule has 0 spiro atoms. The third kappa shape index (κ3) is 3.37. The maximum absolute atomic E-state index is 11.2. The van der Waals surface area contributed by atoms with Crippen molar-refractivity contribution in [2.75, 3.05) is 0 Å². The zero-order chi connectivity index (χ0) is 12.1. The van der Waals surface area contributed by atoms with Crippen LogP contribution in [0.15, 0.2) is 16.0 Å². The highest BCUT2D eigenvalue weighted by Crippen LogP contribution is 2.20. The van der Waals surface area contributed by atoms with Crippen molar-refractivity contribution < 1.29 is 9.90 Å². The van der Waals surface area contributed by atoms with Crippen LogP contribution in [0, 0.1) is 0 Å². The van der Waals surface area contributed by atoms with E-state index in [2.05, 4.69) is 9.97 Å². The Hall–Kier alpha value is -1.30. The summed E-state index contributed by atoms with van der Waals surface area (Å²) >= 11 is 1.01. The molecule has 0 aromatic carbocycles. The van der Waals surface area contributed by atoms with E-state index in [1.165, 1.54) is 6.07 Å². The first-order chi connectivity index (χ1) is 7.56. The van der Waals surface area contributed by atoms with Crippen LogP contribution in [0.25, 0.3) is 0 Å². The number of carbonyl (C=O) groups excluding carboxylic acids is 1. The maximum atomic E-state index is 11.2. The van der Waals surface area contributed by atoms with Crippen molar-refractivity contribution in [1.82, 2.24) is 9.97 Å². The number of hydrogen-bond acceptors (Lipinski definition) is 5. The summed E-state index contributed by atoms with van der Waals surface area (Å²) in [7, 11) is 0. The lowest BCUT2D eigenvalue weighted by Crippen LogP contribution is -2.33. The van der Waals surface area contributed by atoms with Crippen molar-refractivity contribution in [1.29, 1.82) is 0 Å². The first-order valence-electron chi connectivity index (χ1n) is 5.04. The lowest BCUT2D eigenvalue weighted by atomic mass is 10.3. The van der Waals surface area contributed by atoms with Crippen LogP contribution in [0.1, 0.15) is 26.0 Å². The monoisotopic (exact) mass is 241 g/mol. The maximum Gasteiger partial charge on any atom is 0.251 e. The molecule has 0 bridgehead atoms. The van der Waals surface area contributed by atoms with Crippen LogP contribution in [0.3, 0.4) is 0 Å². The summed E-state index contributed by atoms with van der Waals surface area (Å²) in [5.41, 5.74) is 0.391. The highest BCUT2D eigenvalue weighted by molar-refractivity contribution is 8.00. The number of hydrogen-bond donors (Lipinski definition) is 1. The van der Waals surface area contributed by atoms with Gasteiger partial charge in [0, 0.05) is 11.8 Å². The molecule has 1 aromatic rings. The minimum absolute atomic E-state index is 0.262. The Balaban J connectivity index is 2.91. The van der Waals surface area contributed by atoms with Crippen molar-refractivity contribution in [3.8, 4) is 0 Å². The molecule has 0 radical (unpaired) electrons. The summed E-state index contributed by atoms with van der Waals surface area (Å²) in [4.78, 5) is 28.6. The molecule has 0 unspecified atom stereocenters. The summed E-state index contributed by atoms with van der Waals surface area (Å²) in [5.74, 6) is -1.14. The number of carboxylic acid groups (broad SMARTS) is 1. The number of rotatable bonds is 5. The zero-order valence-corrected chi connectivity index (χ0v) is 9.97. The summed E-state index contributed by atoms with van der Waals surface area (Å²) in [6.07, 6.45) is 1.06. The average molecular weight is 241 g/mol. The molecular weight excluding hydrogens is 228 g/mol. The normalized spacial score (nSPS) is 12.4. The van der Waals surface area contributed by atoms with Crippen molar-refractivity contribution >= 4 is 17.7 Å². The molecule has 1 N–H and O–H groups in total. The first kappa shape index (κ1) is 12.8. The molecule has 6 heteroatoms. The second-order valence-electron chi connectivity index (χ2n) is 3.23. The Labute approximate surface area is 97.3 Å². The van der Waals surface area contributed by atoms with E-state index >= 15 is 0 Å². The number of aromatic nitrogens is 2. The van der Waals surface area contributed by atoms with Crippen molar-refractivity contribution in [3.05, 3.63) is 22.1 Å². The van der Waals surface area contributed by atoms with Crippen LogP contribution in [-0.2, 0) is 11.2 Å². The van der Waals surface area contributed by atoms with Gasteiger partial charge in [0.2, 0.25) is 0 Å². The molecule has 0 fully saturated rings. The largest absolute Gasteiger partial charge is 0.549 e. The fourth-order valence-corrected chi connectivity index (χ4v) is 2.02. The van der Waals surface area contributed by atoms with Crippen molar-refractivity contribution in [2.45, 2.75) is 37.1 Å². The minimum atomic E-state index is -1.14. The van der Waals surface area contributed by atoms with Crippen LogP contribution in [0.5, 0.6) is 0 Å². The first-order valence-corrected chi connectivity index (χ1v) is 5.92. The van der Waals surface area contributed by atoms with Gasteiger partial charge in [-0.1, -0.05) is 25.6 Å². The summed E-state index contributed by atoms with van der Waals surface area (Å²) in [6.45, 7) is 3.63. The molecule has 0 aliphatic heterocycles. The van der Waals surface area contributed by atoms with E-state index in [-0.39, 0.29) is 5.56 Å². The highest BCUT2D eigenvalue weighted by atomic mass is 32.2. The third-order valence-corrected chi connectivity index (χ3v) is 3.25. The molecule has 5 nitrogen and oxygen atoms in total. The van der Waals surface area contributed by atoms with Gasteiger partial charge in [0.1, 0.15) is 0 Å². The molecule has 88 valence electrons. The van der Waals surface area contributed by atoms with Gasteiger partial charge in [-0.2, -0.15) is 0 Å². The van der Waals surface area contributed by atoms with E-state index in [0.717, 1.165) is 11.8 Å². The Kier molecular flexibility index (Phi) is 4.54. The fourth-order valence-electron chi connectivity index (χ4n) is 1.15. The van der Waals surface area contributed by atoms with E-state index in [1.54, 1.807) is 6.92 Å². The number of H-pyrrole nitrogens is 1.